The lowest BCUT2D eigenvalue weighted by Crippen LogP contribution is -2.53. The largest absolute Gasteiger partial charge is 0.457 e. The molecule has 1 saturated carbocycles. The van der Waals surface area contributed by atoms with Crippen molar-refractivity contribution in [2.24, 2.45) is 0 Å². The first kappa shape index (κ1) is 36.2. The highest BCUT2D eigenvalue weighted by molar-refractivity contribution is 5.87. The number of fused-ring (bicyclic) bond motifs is 4. The van der Waals surface area contributed by atoms with Gasteiger partial charge in [0.2, 0.25) is 11.8 Å². The number of rotatable bonds is 13. The number of imidazole rings is 2. The molecular formula is C39H47N7O7. The van der Waals surface area contributed by atoms with Crippen molar-refractivity contribution < 1.29 is 34.1 Å². The number of amides is 3. The van der Waals surface area contributed by atoms with Gasteiger partial charge in [0.1, 0.15) is 29.2 Å². The highest BCUT2D eigenvalue weighted by Crippen LogP contribution is 2.62. The van der Waals surface area contributed by atoms with Crippen LogP contribution in [0.4, 0.5) is 4.79 Å². The van der Waals surface area contributed by atoms with Gasteiger partial charge in [-0.2, -0.15) is 0 Å². The summed E-state index contributed by atoms with van der Waals surface area (Å²) >= 11 is 0. The highest BCUT2D eigenvalue weighted by atomic mass is 16.5. The summed E-state index contributed by atoms with van der Waals surface area (Å²) in [6.45, 7) is 4.13. The zero-order chi connectivity index (χ0) is 37.3. The van der Waals surface area contributed by atoms with Gasteiger partial charge in [0.15, 0.2) is 0 Å². The van der Waals surface area contributed by atoms with Crippen LogP contribution >= 0.6 is 0 Å². The van der Waals surface area contributed by atoms with E-state index in [4.69, 9.17) is 4.74 Å². The van der Waals surface area contributed by atoms with Crippen molar-refractivity contribution in [1.29, 1.82) is 0 Å². The van der Waals surface area contributed by atoms with Crippen molar-refractivity contribution in [2.45, 2.75) is 94.9 Å². The number of hydrogen-bond acceptors (Lipinski definition) is 9. The van der Waals surface area contributed by atoms with Gasteiger partial charge in [-0.15, -0.1) is 0 Å². The summed E-state index contributed by atoms with van der Waals surface area (Å²) < 4.78 is 11.2. The second kappa shape index (κ2) is 15.0. The van der Waals surface area contributed by atoms with E-state index < -0.39 is 24.3 Å². The summed E-state index contributed by atoms with van der Waals surface area (Å²) in [5.41, 5.74) is 5.90. The predicted octanol–water partition coefficient (Wildman–Crippen LogP) is 4.63. The average Bonchev–Trinajstić information content (AvgIpc) is 3.50. The van der Waals surface area contributed by atoms with E-state index in [9.17, 15) is 24.6 Å². The number of nitrogens with zero attached hydrogens (tertiary/aromatic N) is 3. The maximum absolute atomic E-state index is 13.5. The number of nitrogens with one attached hydrogen (secondary N) is 4. The summed E-state index contributed by atoms with van der Waals surface area (Å²) in [7, 11) is 1.21. The van der Waals surface area contributed by atoms with Crippen molar-refractivity contribution in [1.82, 2.24) is 35.5 Å². The minimum atomic E-state index is -1.13. The van der Waals surface area contributed by atoms with Crippen LogP contribution in [0.15, 0.2) is 48.8 Å². The van der Waals surface area contributed by atoms with Crippen LogP contribution < -0.4 is 15.4 Å². The van der Waals surface area contributed by atoms with Crippen LogP contribution in [0, 0.1) is 0 Å². The summed E-state index contributed by atoms with van der Waals surface area (Å²) in [5, 5.41) is 24.9. The molecule has 6 N–H and O–H groups in total. The SMILES string of the molecule is COC(=O)NC(C(=O)N1CCCC1c1ncc(-c2ccc3c(c2)C2(CC2)c2ccc(-c4cnc(CCCCNC(=O)CC(C)O)[nH]4)cc2O3)[nH]1)C(C)O. The number of carbonyl (C=O) groups excluding carboxylic acids is 3. The third-order valence-electron chi connectivity index (χ3n) is 10.5. The van der Waals surface area contributed by atoms with Crippen molar-refractivity contribution in [2.75, 3.05) is 20.2 Å². The molecule has 53 heavy (non-hydrogen) atoms. The van der Waals surface area contributed by atoms with Crippen molar-refractivity contribution in [3.05, 3.63) is 71.6 Å². The number of benzene rings is 2. The monoisotopic (exact) mass is 725 g/mol. The lowest BCUT2D eigenvalue weighted by atomic mass is 9.83. The number of carbonyl (C=O) groups is 3. The van der Waals surface area contributed by atoms with Crippen molar-refractivity contribution in [3.8, 4) is 34.0 Å². The first-order chi connectivity index (χ1) is 25.6. The molecule has 280 valence electrons. The number of likely N-dealkylation sites (tertiary alicyclic amines) is 1. The van der Waals surface area contributed by atoms with Gasteiger partial charge in [-0.3, -0.25) is 9.59 Å². The normalized spacial score (nSPS) is 18.4. The fraction of sp³-hybridized carbons (Fsp3) is 0.462. The van der Waals surface area contributed by atoms with E-state index in [-0.39, 0.29) is 29.7 Å². The molecule has 3 amide bonds. The Kier molecular flexibility index (Phi) is 10.3. The van der Waals surface area contributed by atoms with Crippen molar-refractivity contribution in [3.63, 3.8) is 0 Å². The molecular weight excluding hydrogens is 678 g/mol. The van der Waals surface area contributed by atoms with E-state index in [1.807, 2.05) is 18.3 Å². The molecule has 0 bridgehead atoms. The second-order valence-electron chi connectivity index (χ2n) is 14.4. The van der Waals surface area contributed by atoms with Gasteiger partial charge < -0.3 is 45.2 Å². The first-order valence-corrected chi connectivity index (χ1v) is 18.4. The Balaban J connectivity index is 1.02. The van der Waals surface area contributed by atoms with Crippen LogP contribution in [0.25, 0.3) is 22.5 Å². The fourth-order valence-corrected chi connectivity index (χ4v) is 7.60. The number of unbranched alkanes of at least 4 members (excludes halogenated alkanes) is 1. The quantitative estimate of drug-likeness (QED) is 0.107. The molecule has 4 unspecified atom stereocenters. The second-order valence-corrected chi connectivity index (χ2v) is 14.4. The minimum absolute atomic E-state index is 0.117. The van der Waals surface area contributed by atoms with Gasteiger partial charge >= 0.3 is 6.09 Å². The van der Waals surface area contributed by atoms with E-state index in [1.54, 1.807) is 18.0 Å². The summed E-state index contributed by atoms with van der Waals surface area (Å²) in [5.74, 6) is 2.70. The van der Waals surface area contributed by atoms with E-state index in [0.29, 0.717) is 25.3 Å². The van der Waals surface area contributed by atoms with Gasteiger partial charge in [0.25, 0.3) is 0 Å². The lowest BCUT2D eigenvalue weighted by Gasteiger charge is -2.29. The standard InChI is InChI=1S/C39H47N7O7/c1-22(47)17-34(49)40-15-5-4-8-33-41-20-28(43-33)25-9-11-26-32(19-25)53-31-12-10-24(18-27(31)39(26)13-14-39)29-21-42-36(44-29)30-7-6-16-46(30)37(50)35(23(2)48)45-38(51)52-3/h9-12,18-23,30,35,47-48H,4-8,13-17H2,1-3H3,(H,40,49)(H,41,43)(H,42,44)(H,45,51). The molecule has 2 aromatic heterocycles. The molecule has 7 rings (SSSR count). The number of ether oxygens (including phenoxy) is 2. The first-order valence-electron chi connectivity index (χ1n) is 18.4. The van der Waals surface area contributed by atoms with Gasteiger partial charge in [-0.05, 0) is 76.6 Å². The van der Waals surface area contributed by atoms with Crippen LogP contribution in [0.3, 0.4) is 0 Å². The molecule has 3 aliphatic rings. The Bertz CT molecular complexity index is 1980. The number of aliphatic hydroxyl groups is 2. The number of H-pyrrole nitrogens is 2. The van der Waals surface area contributed by atoms with Gasteiger partial charge in [0, 0.05) is 47.2 Å². The zero-order valence-electron chi connectivity index (χ0n) is 30.3. The van der Waals surface area contributed by atoms with Crippen LogP contribution in [-0.2, 0) is 26.2 Å². The minimum Gasteiger partial charge on any atom is -0.457 e. The van der Waals surface area contributed by atoms with Gasteiger partial charge in [-0.1, -0.05) is 12.1 Å². The molecule has 1 aliphatic carbocycles. The lowest BCUT2D eigenvalue weighted by molar-refractivity contribution is -0.137. The Labute approximate surface area is 307 Å². The number of alkyl carbamates (subject to hydrolysis) is 1. The number of aryl methyl sites for hydroxylation is 1. The Morgan fingerprint density at radius 3 is 2.51 bits per heavy atom. The molecule has 4 aromatic rings. The number of hydrogen-bond donors (Lipinski definition) is 6. The number of aromatic nitrogens is 4. The molecule has 1 spiro atoms. The van der Waals surface area contributed by atoms with Crippen LogP contribution in [0.2, 0.25) is 0 Å². The van der Waals surface area contributed by atoms with E-state index in [0.717, 1.165) is 83.9 Å². The smallest absolute Gasteiger partial charge is 0.407 e. The molecule has 0 radical (unpaired) electrons. The van der Waals surface area contributed by atoms with Gasteiger partial charge in [0.05, 0.1) is 55.6 Å². The molecule has 2 aromatic carbocycles. The van der Waals surface area contributed by atoms with E-state index in [2.05, 4.69) is 59.6 Å². The number of methoxy groups -OCH3 is 1. The molecule has 14 heteroatoms. The molecule has 2 aliphatic heterocycles. The van der Waals surface area contributed by atoms with Crippen LogP contribution in [-0.4, -0.2) is 91.4 Å². The molecule has 4 atom stereocenters. The third-order valence-corrected chi connectivity index (χ3v) is 10.5. The molecule has 4 heterocycles. The number of aliphatic hydroxyl groups excluding tert-OH is 2. The number of aromatic amines is 2. The Hall–Kier alpha value is -5.21. The molecule has 1 saturated heterocycles. The molecule has 14 nitrogen and oxygen atoms in total. The maximum atomic E-state index is 13.5. The summed E-state index contributed by atoms with van der Waals surface area (Å²) in [4.78, 5) is 54.9. The zero-order valence-corrected chi connectivity index (χ0v) is 30.3. The topological polar surface area (TPSA) is 195 Å². The summed E-state index contributed by atoms with van der Waals surface area (Å²) in [6, 6.07) is 11.1. The predicted molar refractivity (Wildman–Crippen MR) is 195 cm³/mol. The van der Waals surface area contributed by atoms with E-state index in [1.165, 1.54) is 19.6 Å². The van der Waals surface area contributed by atoms with Crippen LogP contribution in [0.1, 0.15) is 87.6 Å². The highest BCUT2D eigenvalue weighted by Gasteiger charge is 2.51. The fourth-order valence-electron chi connectivity index (χ4n) is 7.60. The maximum Gasteiger partial charge on any atom is 0.407 e. The Morgan fingerprint density at radius 1 is 1.00 bits per heavy atom. The average molecular weight is 726 g/mol. The van der Waals surface area contributed by atoms with Crippen molar-refractivity contribution >= 4 is 17.9 Å². The van der Waals surface area contributed by atoms with E-state index >= 15 is 0 Å². The molecule has 2 fully saturated rings. The van der Waals surface area contributed by atoms with Crippen LogP contribution in [0.5, 0.6) is 11.5 Å². The third kappa shape index (κ3) is 7.51. The summed E-state index contributed by atoms with van der Waals surface area (Å²) in [6.07, 6.45) is 7.20. The Morgan fingerprint density at radius 2 is 1.75 bits per heavy atom. The van der Waals surface area contributed by atoms with Gasteiger partial charge in [-0.25, -0.2) is 14.8 Å².